The topological polar surface area (TPSA) is 56.3 Å². The Morgan fingerprint density at radius 2 is 1.93 bits per heavy atom. The number of carbonyl (C=O) groups excluding carboxylic acids is 1. The molecule has 1 aromatic carbocycles. The second-order valence-electron chi connectivity index (χ2n) is 2.18. The second kappa shape index (κ2) is 8.25. The van der Waals surface area contributed by atoms with E-state index in [1.807, 2.05) is 0 Å². The first-order chi connectivity index (χ1) is 6.13. The van der Waals surface area contributed by atoms with Gasteiger partial charge >= 0.3 is 58.0 Å². The van der Waals surface area contributed by atoms with Crippen molar-refractivity contribution in [2.45, 2.75) is 6.61 Å². The van der Waals surface area contributed by atoms with E-state index in [0.717, 1.165) is 18.2 Å². The maximum atomic E-state index is 12.5. The van der Waals surface area contributed by atoms with Crippen LogP contribution >= 0.6 is 0 Å². The number of halogens is 3. The zero-order valence-corrected chi connectivity index (χ0v) is 10.9. The van der Waals surface area contributed by atoms with Gasteiger partial charge in [-0.3, -0.25) is 4.79 Å². The summed E-state index contributed by atoms with van der Waals surface area (Å²) in [6.45, 7) is -3.07. The molecular weight excluding hydrogens is 240 g/mol. The van der Waals surface area contributed by atoms with Gasteiger partial charge in [0.25, 0.3) is 0 Å². The first-order valence-corrected chi connectivity index (χ1v) is 3.33. The molecule has 3 nitrogen and oxygen atoms in total. The third kappa shape index (κ3) is 5.64. The average molecular weight is 246 g/mol. The van der Waals surface area contributed by atoms with Gasteiger partial charge in [-0.15, -0.1) is 0 Å². The SMILES string of the molecule is O=Cc1ccc(F)cc1OC(F)F.[K+].[OH-]. The maximum absolute atomic E-state index is 12.5. The van der Waals surface area contributed by atoms with Crippen LogP contribution in [0.5, 0.6) is 5.75 Å². The molecule has 0 atom stereocenters. The standard InChI is InChI=1S/C8H5F3O2.K.H2O/c9-6-2-1-5(4-12)7(3-6)13-8(10)11;;/h1-4,8H;;1H2/q;+1;/p-1. The fourth-order valence-electron chi connectivity index (χ4n) is 0.804. The Hall–Kier alpha value is 0.0764. The van der Waals surface area contributed by atoms with Crippen LogP contribution < -0.4 is 56.1 Å². The molecule has 0 bridgehead atoms. The van der Waals surface area contributed by atoms with Crippen molar-refractivity contribution in [3.05, 3.63) is 29.6 Å². The number of hydrogen-bond donors (Lipinski definition) is 0. The molecule has 0 saturated carbocycles. The maximum Gasteiger partial charge on any atom is 1.00 e. The minimum absolute atomic E-state index is 0. The predicted octanol–water partition coefficient (Wildman–Crippen LogP) is -0.933. The quantitative estimate of drug-likeness (QED) is 0.511. The molecule has 78 valence electrons. The van der Waals surface area contributed by atoms with Gasteiger partial charge < -0.3 is 10.2 Å². The molecule has 7 heteroatoms. The number of rotatable bonds is 3. The molecule has 0 fully saturated rings. The van der Waals surface area contributed by atoms with Crippen molar-refractivity contribution < 1.29 is 79.6 Å². The van der Waals surface area contributed by atoms with E-state index in [-0.39, 0.29) is 62.4 Å². The van der Waals surface area contributed by atoms with Crippen molar-refractivity contribution in [2.24, 2.45) is 0 Å². The number of carbonyl (C=O) groups is 1. The van der Waals surface area contributed by atoms with E-state index >= 15 is 0 Å². The first-order valence-electron chi connectivity index (χ1n) is 3.33. The van der Waals surface area contributed by atoms with Crippen LogP contribution in [0, 0.1) is 5.82 Å². The third-order valence-electron chi connectivity index (χ3n) is 1.32. The predicted molar refractivity (Wildman–Crippen MR) is 40.4 cm³/mol. The molecule has 0 amide bonds. The molecule has 0 aliphatic heterocycles. The van der Waals surface area contributed by atoms with Crippen molar-refractivity contribution in [1.29, 1.82) is 0 Å². The van der Waals surface area contributed by atoms with Crippen molar-refractivity contribution in [1.82, 2.24) is 0 Å². The molecule has 1 rings (SSSR count). The van der Waals surface area contributed by atoms with Gasteiger partial charge in [0, 0.05) is 6.07 Å². The van der Waals surface area contributed by atoms with Gasteiger partial charge in [-0.1, -0.05) is 0 Å². The molecule has 0 radical (unpaired) electrons. The van der Waals surface area contributed by atoms with Crippen LogP contribution in [0.4, 0.5) is 13.2 Å². The number of alkyl halides is 2. The van der Waals surface area contributed by atoms with Crippen LogP contribution in [0.3, 0.4) is 0 Å². The summed E-state index contributed by atoms with van der Waals surface area (Å²) >= 11 is 0. The second-order valence-corrected chi connectivity index (χ2v) is 2.18. The van der Waals surface area contributed by atoms with Crippen LogP contribution in [0.1, 0.15) is 10.4 Å². The average Bonchev–Trinajstić information content (AvgIpc) is 2.03. The zero-order chi connectivity index (χ0) is 9.84. The molecule has 0 saturated heterocycles. The van der Waals surface area contributed by atoms with E-state index in [2.05, 4.69) is 4.74 Å². The van der Waals surface area contributed by atoms with E-state index in [1.165, 1.54) is 0 Å². The summed E-state index contributed by atoms with van der Waals surface area (Å²) in [6.07, 6.45) is 0.317. The van der Waals surface area contributed by atoms with Crippen LogP contribution in [-0.4, -0.2) is 18.4 Å². The monoisotopic (exact) mass is 246 g/mol. The smallest absolute Gasteiger partial charge is 0.870 e. The van der Waals surface area contributed by atoms with Gasteiger partial charge in [-0.05, 0) is 12.1 Å². The van der Waals surface area contributed by atoms with Crippen LogP contribution in [0.2, 0.25) is 0 Å². The fourth-order valence-corrected chi connectivity index (χ4v) is 0.804. The summed E-state index contributed by atoms with van der Waals surface area (Å²) in [5, 5.41) is 0. The third-order valence-corrected chi connectivity index (χ3v) is 1.32. The Morgan fingerprint density at radius 1 is 1.33 bits per heavy atom. The summed E-state index contributed by atoms with van der Waals surface area (Å²) in [6, 6.07) is 2.79. The Kier molecular flexibility index (Phi) is 9.61. The number of hydrogen-bond acceptors (Lipinski definition) is 3. The van der Waals surface area contributed by atoms with Gasteiger partial charge in [0.1, 0.15) is 11.6 Å². The fraction of sp³-hybridized carbons (Fsp3) is 0.125. The van der Waals surface area contributed by atoms with E-state index in [4.69, 9.17) is 0 Å². The van der Waals surface area contributed by atoms with E-state index < -0.39 is 18.2 Å². The molecular formula is C8H6F3KO3. The normalized spacial score (nSPS) is 8.80. The first kappa shape index (κ1) is 17.5. The molecule has 0 aliphatic rings. The van der Waals surface area contributed by atoms with E-state index in [9.17, 15) is 18.0 Å². The largest absolute Gasteiger partial charge is 1.00 e. The molecule has 0 heterocycles. The summed E-state index contributed by atoms with van der Waals surface area (Å²) in [5.41, 5.74) is -0.110. The van der Waals surface area contributed by atoms with Crippen molar-refractivity contribution in [2.75, 3.05) is 0 Å². The molecule has 1 aromatic rings. The molecule has 0 unspecified atom stereocenters. The number of aldehydes is 1. The molecule has 0 aliphatic carbocycles. The van der Waals surface area contributed by atoms with Gasteiger partial charge in [0.15, 0.2) is 6.29 Å². The van der Waals surface area contributed by atoms with E-state index in [0.29, 0.717) is 6.29 Å². The zero-order valence-electron chi connectivity index (χ0n) is 7.78. The number of benzene rings is 1. The molecule has 0 spiro atoms. The summed E-state index contributed by atoms with van der Waals surface area (Å²) in [5.74, 6) is -1.19. The molecule has 15 heavy (non-hydrogen) atoms. The van der Waals surface area contributed by atoms with Gasteiger partial charge in [-0.25, -0.2) is 4.39 Å². The molecule has 0 aromatic heterocycles. The Morgan fingerprint density at radius 3 is 2.40 bits per heavy atom. The molecule has 1 N–H and O–H groups in total. The van der Waals surface area contributed by atoms with Gasteiger partial charge in [0.05, 0.1) is 5.56 Å². The van der Waals surface area contributed by atoms with Crippen molar-refractivity contribution >= 4 is 6.29 Å². The van der Waals surface area contributed by atoms with Crippen molar-refractivity contribution in [3.63, 3.8) is 0 Å². The summed E-state index contributed by atoms with van der Waals surface area (Å²) < 4.78 is 39.8. The summed E-state index contributed by atoms with van der Waals surface area (Å²) in [4.78, 5) is 10.3. The summed E-state index contributed by atoms with van der Waals surface area (Å²) in [7, 11) is 0. The minimum Gasteiger partial charge on any atom is -0.870 e. The van der Waals surface area contributed by atoms with Crippen molar-refractivity contribution in [3.8, 4) is 5.75 Å². The number of ether oxygens (including phenoxy) is 1. The van der Waals surface area contributed by atoms with Crippen LogP contribution in [-0.2, 0) is 0 Å². The Bertz CT molecular complexity index is 320. The van der Waals surface area contributed by atoms with Gasteiger partial charge in [-0.2, -0.15) is 8.78 Å². The van der Waals surface area contributed by atoms with Crippen LogP contribution in [0.15, 0.2) is 18.2 Å². The Balaban J connectivity index is 0. The van der Waals surface area contributed by atoms with E-state index in [1.54, 1.807) is 0 Å². The van der Waals surface area contributed by atoms with Gasteiger partial charge in [0.2, 0.25) is 0 Å². The van der Waals surface area contributed by atoms with Crippen LogP contribution in [0.25, 0.3) is 0 Å². The minimum atomic E-state index is -3.07. The Labute approximate surface area is 126 Å².